The maximum Gasteiger partial charge on any atom is 0.164 e. The van der Waals surface area contributed by atoms with Gasteiger partial charge in [-0.25, -0.2) is 15.0 Å². The van der Waals surface area contributed by atoms with Crippen LogP contribution in [0.25, 0.3) is 84.3 Å². The van der Waals surface area contributed by atoms with Crippen molar-refractivity contribution >= 4 is 38.8 Å². The summed E-state index contributed by atoms with van der Waals surface area (Å²) in [5.41, 5.74) is 10.6. The highest BCUT2D eigenvalue weighted by atomic mass is 15.0. The molecule has 0 bridgehead atoms. The van der Waals surface area contributed by atoms with E-state index in [0.29, 0.717) is 17.5 Å². The van der Waals surface area contributed by atoms with Gasteiger partial charge in [-0.2, -0.15) is 0 Å². The summed E-state index contributed by atoms with van der Waals surface area (Å²) in [5.74, 6) is 1.88. The second-order valence-corrected chi connectivity index (χ2v) is 12.5. The van der Waals surface area contributed by atoms with Gasteiger partial charge in [0, 0.05) is 49.9 Å². The lowest BCUT2D eigenvalue weighted by molar-refractivity contribution is 1.06. The first kappa shape index (κ1) is 29.5. The van der Waals surface area contributed by atoms with E-state index in [4.69, 9.17) is 15.0 Å². The zero-order chi connectivity index (χ0) is 33.6. The minimum Gasteiger partial charge on any atom is -0.310 e. The number of rotatable bonds is 6. The molecule has 0 aliphatic heterocycles. The molecule has 0 unspecified atom stereocenters. The molecule has 3 aromatic heterocycles. The quantitative estimate of drug-likeness (QED) is 0.181. The van der Waals surface area contributed by atoms with Gasteiger partial charge in [-0.15, -0.1) is 0 Å². The van der Waals surface area contributed by atoms with Crippen molar-refractivity contribution in [1.29, 1.82) is 0 Å². The van der Waals surface area contributed by atoms with Gasteiger partial charge in [0.2, 0.25) is 0 Å². The van der Waals surface area contributed by atoms with Crippen molar-refractivity contribution < 1.29 is 0 Å². The fraction of sp³-hybridized carbons (Fsp3) is 0.0444. The van der Waals surface area contributed by atoms with Crippen LogP contribution in [0.5, 0.6) is 0 Å². The minimum absolute atomic E-state index is 0.613. The highest BCUT2D eigenvalue weighted by Gasteiger charge is 2.20. The van der Waals surface area contributed by atoms with Crippen LogP contribution in [0.15, 0.2) is 158 Å². The Morgan fingerprint density at radius 2 is 0.860 bits per heavy atom. The van der Waals surface area contributed by atoms with Crippen LogP contribution >= 0.6 is 0 Å². The van der Waals surface area contributed by atoms with Gasteiger partial charge in [0.1, 0.15) is 0 Å². The molecule has 0 fully saturated rings. The van der Waals surface area contributed by atoms with Crippen molar-refractivity contribution in [2.75, 3.05) is 0 Å². The van der Waals surface area contributed by atoms with Gasteiger partial charge in [0.25, 0.3) is 0 Å². The lowest BCUT2D eigenvalue weighted by Crippen LogP contribution is -2.04. The second kappa shape index (κ2) is 12.1. The summed E-state index contributed by atoms with van der Waals surface area (Å²) in [5, 5.41) is 3.65. The second-order valence-electron chi connectivity index (χ2n) is 12.5. The molecule has 6 aromatic carbocycles. The van der Waals surface area contributed by atoms with Crippen LogP contribution in [-0.2, 0) is 0 Å². The maximum atomic E-state index is 5.15. The van der Waals surface area contributed by atoms with E-state index in [0.717, 1.165) is 50.3 Å². The molecule has 0 spiro atoms. The standard InChI is InChI=1S/C45H33N5/c1-3-16-39-30(2)36-21-10-13-24-40(36)49(39)34-27-33(28-35(29-34)50-41-25-14-11-22-37(41)38-23-12-15-26-42(38)50)45-47-43(31-17-6-4-7-18-31)46-44(48-45)32-19-8-5-9-20-32/h3-29H,1-2H3/b16-3-. The van der Waals surface area contributed by atoms with E-state index in [2.05, 4.69) is 126 Å². The van der Waals surface area contributed by atoms with E-state index in [9.17, 15) is 0 Å². The molecule has 0 aliphatic rings. The number of para-hydroxylation sites is 3. The Morgan fingerprint density at radius 3 is 1.38 bits per heavy atom. The highest BCUT2D eigenvalue weighted by Crippen LogP contribution is 2.37. The third-order valence-corrected chi connectivity index (χ3v) is 9.46. The molecular weight excluding hydrogens is 611 g/mol. The molecule has 0 saturated heterocycles. The number of hydrogen-bond acceptors (Lipinski definition) is 3. The summed E-state index contributed by atoms with van der Waals surface area (Å²) in [6, 6.07) is 52.9. The lowest BCUT2D eigenvalue weighted by atomic mass is 10.1. The van der Waals surface area contributed by atoms with Crippen LogP contribution in [0, 0.1) is 6.92 Å². The molecule has 3 heterocycles. The molecule has 238 valence electrons. The van der Waals surface area contributed by atoms with Crippen molar-refractivity contribution in [3.63, 3.8) is 0 Å². The monoisotopic (exact) mass is 643 g/mol. The third kappa shape index (κ3) is 4.91. The first-order valence-electron chi connectivity index (χ1n) is 16.9. The topological polar surface area (TPSA) is 48.5 Å². The molecule has 9 aromatic rings. The van der Waals surface area contributed by atoms with Gasteiger partial charge >= 0.3 is 0 Å². The molecule has 0 N–H and O–H groups in total. The fourth-order valence-corrected chi connectivity index (χ4v) is 7.18. The number of aromatic nitrogens is 5. The first-order chi connectivity index (χ1) is 24.7. The number of benzene rings is 6. The number of allylic oxidation sites excluding steroid dienone is 1. The Morgan fingerprint density at radius 1 is 0.440 bits per heavy atom. The van der Waals surface area contributed by atoms with Crippen LogP contribution in [0.2, 0.25) is 0 Å². The number of aryl methyl sites for hydroxylation is 1. The summed E-state index contributed by atoms with van der Waals surface area (Å²) in [6.07, 6.45) is 4.31. The van der Waals surface area contributed by atoms with Gasteiger partial charge in [0.05, 0.1) is 16.6 Å². The Balaban J connectivity index is 1.39. The van der Waals surface area contributed by atoms with Crippen molar-refractivity contribution in [2.24, 2.45) is 0 Å². The van der Waals surface area contributed by atoms with E-state index in [1.165, 1.54) is 21.7 Å². The number of fused-ring (bicyclic) bond motifs is 4. The van der Waals surface area contributed by atoms with Gasteiger partial charge < -0.3 is 9.13 Å². The molecule has 0 aliphatic carbocycles. The summed E-state index contributed by atoms with van der Waals surface area (Å²) < 4.78 is 4.73. The normalized spacial score (nSPS) is 11.7. The molecule has 0 atom stereocenters. The molecule has 0 saturated carbocycles. The van der Waals surface area contributed by atoms with Crippen molar-refractivity contribution in [3.05, 3.63) is 169 Å². The molecule has 9 rings (SSSR count). The van der Waals surface area contributed by atoms with Gasteiger partial charge in [0.15, 0.2) is 17.5 Å². The number of hydrogen-bond donors (Lipinski definition) is 0. The fourth-order valence-electron chi connectivity index (χ4n) is 7.18. The predicted octanol–water partition coefficient (Wildman–Crippen LogP) is 11.3. The molecular formula is C45H33N5. The summed E-state index contributed by atoms with van der Waals surface area (Å²) in [7, 11) is 0. The average Bonchev–Trinajstić information content (AvgIpc) is 3.67. The predicted molar refractivity (Wildman–Crippen MR) is 207 cm³/mol. The lowest BCUT2D eigenvalue weighted by Gasteiger charge is -2.16. The molecule has 5 nitrogen and oxygen atoms in total. The molecule has 0 radical (unpaired) electrons. The zero-order valence-electron chi connectivity index (χ0n) is 27.8. The van der Waals surface area contributed by atoms with Crippen LogP contribution in [0.4, 0.5) is 0 Å². The average molecular weight is 644 g/mol. The summed E-state index contributed by atoms with van der Waals surface area (Å²) in [6.45, 7) is 4.28. The van der Waals surface area contributed by atoms with E-state index in [1.807, 2.05) is 60.7 Å². The molecule has 50 heavy (non-hydrogen) atoms. The molecule has 5 heteroatoms. The summed E-state index contributed by atoms with van der Waals surface area (Å²) in [4.78, 5) is 15.3. The van der Waals surface area contributed by atoms with E-state index in [1.54, 1.807) is 0 Å². The smallest absolute Gasteiger partial charge is 0.164 e. The van der Waals surface area contributed by atoms with Crippen molar-refractivity contribution in [2.45, 2.75) is 13.8 Å². The number of nitrogens with zero attached hydrogens (tertiary/aromatic N) is 5. The maximum absolute atomic E-state index is 5.15. The SMILES string of the molecule is C/C=C\c1c(C)c2ccccc2n1-c1cc(-c2nc(-c3ccccc3)nc(-c3ccccc3)n2)cc(-n2c3ccccc3c3ccccc32)c1. The van der Waals surface area contributed by atoms with Gasteiger partial charge in [-0.1, -0.05) is 121 Å². The molecule has 0 amide bonds. The van der Waals surface area contributed by atoms with Crippen molar-refractivity contribution in [1.82, 2.24) is 24.1 Å². The van der Waals surface area contributed by atoms with E-state index < -0.39 is 0 Å². The Hall–Kier alpha value is -6.59. The minimum atomic E-state index is 0.613. The van der Waals surface area contributed by atoms with Crippen LogP contribution < -0.4 is 0 Å². The van der Waals surface area contributed by atoms with Crippen LogP contribution in [-0.4, -0.2) is 24.1 Å². The van der Waals surface area contributed by atoms with Gasteiger partial charge in [-0.3, -0.25) is 0 Å². The largest absolute Gasteiger partial charge is 0.310 e. The van der Waals surface area contributed by atoms with E-state index >= 15 is 0 Å². The van der Waals surface area contributed by atoms with Crippen LogP contribution in [0.3, 0.4) is 0 Å². The van der Waals surface area contributed by atoms with Gasteiger partial charge in [-0.05, 0) is 61.9 Å². The van der Waals surface area contributed by atoms with E-state index in [-0.39, 0.29) is 0 Å². The first-order valence-corrected chi connectivity index (χ1v) is 16.9. The van der Waals surface area contributed by atoms with Crippen LogP contribution in [0.1, 0.15) is 18.2 Å². The Bertz CT molecular complexity index is 2610. The summed E-state index contributed by atoms with van der Waals surface area (Å²) >= 11 is 0. The van der Waals surface area contributed by atoms with Crippen molar-refractivity contribution in [3.8, 4) is 45.5 Å². The Labute approximate surface area is 290 Å². The zero-order valence-corrected chi connectivity index (χ0v) is 27.8. The highest BCUT2D eigenvalue weighted by molar-refractivity contribution is 6.09. The Kier molecular flexibility index (Phi) is 7.17. The third-order valence-electron chi connectivity index (χ3n) is 9.46.